The van der Waals surface area contributed by atoms with Gasteiger partial charge in [0.15, 0.2) is 4.87 Å². The van der Waals surface area contributed by atoms with Crippen LogP contribution in [0, 0.1) is 0 Å². The highest BCUT2D eigenvalue weighted by atomic mass is 32.2. The van der Waals surface area contributed by atoms with E-state index in [2.05, 4.69) is 11.4 Å². The zero-order valence-electron chi connectivity index (χ0n) is 9.60. The third-order valence-electron chi connectivity index (χ3n) is 3.74. The summed E-state index contributed by atoms with van der Waals surface area (Å²) < 4.78 is 0. The number of allylic oxidation sites excluding steroid dienone is 2. The normalized spacial score (nSPS) is 35.2. The van der Waals surface area contributed by atoms with Crippen molar-refractivity contribution in [3.63, 3.8) is 0 Å². The minimum Gasteiger partial charge on any atom is -0.344 e. The van der Waals surface area contributed by atoms with E-state index < -0.39 is 4.87 Å². The van der Waals surface area contributed by atoms with Crippen LogP contribution in [0.5, 0.6) is 0 Å². The largest absolute Gasteiger partial charge is 0.344 e. The molecule has 2 atom stereocenters. The van der Waals surface area contributed by atoms with Crippen LogP contribution in [0.1, 0.15) is 12.8 Å². The molecule has 2 saturated heterocycles. The number of carbonyl (C=O) groups excluding carboxylic acids is 2. The van der Waals surface area contributed by atoms with Gasteiger partial charge in [0.1, 0.15) is 0 Å². The van der Waals surface area contributed by atoms with Crippen LogP contribution in [-0.4, -0.2) is 40.4 Å². The second-order valence-corrected chi connectivity index (χ2v) is 5.62. The van der Waals surface area contributed by atoms with Gasteiger partial charge in [-0.2, -0.15) is 0 Å². The van der Waals surface area contributed by atoms with E-state index in [1.807, 2.05) is 18.4 Å². The van der Waals surface area contributed by atoms with Gasteiger partial charge in [-0.1, -0.05) is 18.2 Å². The Bertz CT molecular complexity index is 457. The maximum Gasteiger partial charge on any atom is 0.257 e. The molecule has 17 heavy (non-hydrogen) atoms. The summed E-state index contributed by atoms with van der Waals surface area (Å²) in [4.78, 5) is 25.3. The molecule has 1 aliphatic carbocycles. The van der Waals surface area contributed by atoms with E-state index in [4.69, 9.17) is 0 Å². The number of rotatable bonds is 1. The Kier molecular flexibility index (Phi) is 2.33. The molecule has 2 unspecified atom stereocenters. The third-order valence-corrected chi connectivity index (χ3v) is 4.94. The molecule has 90 valence electrons. The SMILES string of the molecule is CSC12CC3=CC=CCC3N1C(=O)CNC2=O. The van der Waals surface area contributed by atoms with Gasteiger partial charge in [-0.25, -0.2) is 0 Å². The molecule has 0 bridgehead atoms. The van der Waals surface area contributed by atoms with Gasteiger partial charge in [0.25, 0.3) is 5.91 Å². The highest BCUT2D eigenvalue weighted by molar-refractivity contribution is 8.00. The fourth-order valence-corrected chi connectivity index (χ4v) is 3.92. The molecule has 2 heterocycles. The average molecular weight is 250 g/mol. The van der Waals surface area contributed by atoms with Gasteiger partial charge in [-0.05, 0) is 18.2 Å². The Labute approximate surface area is 104 Å². The fourth-order valence-electron chi connectivity index (χ4n) is 2.93. The molecule has 0 spiro atoms. The maximum atomic E-state index is 12.1. The number of amides is 2. The molecular formula is C12H14N2O2S. The Hall–Kier alpha value is -1.23. The molecule has 0 aromatic carbocycles. The fraction of sp³-hybridized carbons (Fsp3) is 0.500. The smallest absolute Gasteiger partial charge is 0.257 e. The minimum atomic E-state index is -0.710. The summed E-state index contributed by atoms with van der Waals surface area (Å²) in [6, 6.07) is 0.0889. The summed E-state index contributed by atoms with van der Waals surface area (Å²) in [5.41, 5.74) is 1.20. The summed E-state index contributed by atoms with van der Waals surface area (Å²) in [6.07, 6.45) is 9.50. The molecule has 1 N–H and O–H groups in total. The number of hydrogen-bond acceptors (Lipinski definition) is 3. The van der Waals surface area contributed by atoms with Crippen molar-refractivity contribution in [2.45, 2.75) is 23.8 Å². The number of fused-ring (bicyclic) bond motifs is 3. The molecule has 0 aromatic heterocycles. The van der Waals surface area contributed by atoms with E-state index in [1.54, 1.807) is 4.90 Å². The lowest BCUT2D eigenvalue weighted by Gasteiger charge is -2.41. The van der Waals surface area contributed by atoms with Gasteiger partial charge in [0, 0.05) is 6.42 Å². The van der Waals surface area contributed by atoms with Crippen LogP contribution in [0.15, 0.2) is 23.8 Å². The Morgan fingerprint density at radius 2 is 2.35 bits per heavy atom. The molecule has 3 rings (SSSR count). The van der Waals surface area contributed by atoms with E-state index in [9.17, 15) is 9.59 Å². The zero-order valence-corrected chi connectivity index (χ0v) is 10.4. The van der Waals surface area contributed by atoms with Gasteiger partial charge in [0.05, 0.1) is 12.6 Å². The van der Waals surface area contributed by atoms with Crippen molar-refractivity contribution >= 4 is 23.6 Å². The molecule has 2 aliphatic heterocycles. The van der Waals surface area contributed by atoms with Gasteiger partial charge in [0.2, 0.25) is 5.91 Å². The zero-order chi connectivity index (χ0) is 12.0. The Balaban J connectivity index is 2.08. The lowest BCUT2D eigenvalue weighted by molar-refractivity contribution is -0.147. The molecule has 5 heteroatoms. The molecule has 3 aliphatic rings. The summed E-state index contributed by atoms with van der Waals surface area (Å²) in [5, 5.41) is 2.71. The first-order valence-corrected chi connectivity index (χ1v) is 6.93. The van der Waals surface area contributed by atoms with Crippen molar-refractivity contribution in [1.82, 2.24) is 10.2 Å². The summed E-state index contributed by atoms with van der Waals surface area (Å²) in [6.45, 7) is 0.134. The summed E-state index contributed by atoms with van der Waals surface area (Å²) in [7, 11) is 0. The summed E-state index contributed by atoms with van der Waals surface area (Å²) in [5.74, 6) is 0.00236. The molecular weight excluding hydrogens is 236 g/mol. The van der Waals surface area contributed by atoms with Crippen LogP contribution >= 0.6 is 11.8 Å². The topological polar surface area (TPSA) is 49.4 Å². The number of piperazine rings is 1. The molecule has 2 amide bonds. The van der Waals surface area contributed by atoms with Crippen molar-refractivity contribution in [3.8, 4) is 0 Å². The first kappa shape index (κ1) is 10.9. The van der Waals surface area contributed by atoms with Crippen molar-refractivity contribution in [2.24, 2.45) is 0 Å². The van der Waals surface area contributed by atoms with E-state index in [0.29, 0.717) is 6.42 Å². The van der Waals surface area contributed by atoms with Crippen LogP contribution in [0.25, 0.3) is 0 Å². The van der Waals surface area contributed by atoms with Crippen LogP contribution < -0.4 is 5.32 Å². The highest BCUT2D eigenvalue weighted by Gasteiger charge is 2.57. The second kappa shape index (κ2) is 3.63. The Morgan fingerprint density at radius 3 is 3.12 bits per heavy atom. The number of hydrogen-bond donors (Lipinski definition) is 1. The monoisotopic (exact) mass is 250 g/mol. The minimum absolute atomic E-state index is 0.0279. The van der Waals surface area contributed by atoms with Crippen LogP contribution in [-0.2, 0) is 9.59 Å². The molecule has 2 fully saturated rings. The first-order chi connectivity index (χ1) is 8.19. The maximum absolute atomic E-state index is 12.1. The van der Waals surface area contributed by atoms with Gasteiger partial charge < -0.3 is 10.2 Å². The van der Waals surface area contributed by atoms with Crippen molar-refractivity contribution < 1.29 is 9.59 Å². The molecule has 0 aromatic rings. The van der Waals surface area contributed by atoms with Gasteiger partial charge >= 0.3 is 0 Å². The second-order valence-electron chi connectivity index (χ2n) is 4.53. The highest BCUT2D eigenvalue weighted by Crippen LogP contribution is 2.47. The molecule has 4 nitrogen and oxygen atoms in total. The van der Waals surface area contributed by atoms with E-state index in [-0.39, 0.29) is 24.4 Å². The van der Waals surface area contributed by atoms with E-state index >= 15 is 0 Å². The van der Waals surface area contributed by atoms with Gasteiger partial charge in [-0.15, -0.1) is 11.8 Å². The van der Waals surface area contributed by atoms with Crippen LogP contribution in [0.3, 0.4) is 0 Å². The quantitative estimate of drug-likeness (QED) is 0.744. The molecule has 0 radical (unpaired) electrons. The van der Waals surface area contributed by atoms with Crippen molar-refractivity contribution in [1.29, 1.82) is 0 Å². The van der Waals surface area contributed by atoms with Gasteiger partial charge in [-0.3, -0.25) is 9.59 Å². The molecule has 0 saturated carbocycles. The van der Waals surface area contributed by atoms with E-state index in [1.165, 1.54) is 17.3 Å². The number of nitrogens with zero attached hydrogens (tertiary/aromatic N) is 1. The predicted molar refractivity (Wildman–Crippen MR) is 66.3 cm³/mol. The van der Waals surface area contributed by atoms with E-state index in [0.717, 1.165) is 6.42 Å². The number of thioether (sulfide) groups is 1. The first-order valence-electron chi connectivity index (χ1n) is 5.70. The standard InChI is InChI=1S/C12H14N2O2S/c1-17-12-6-8-4-2-3-5-9(8)14(12)10(15)7-13-11(12)16/h2-4,9H,5-7H2,1H3,(H,13,16). The third kappa shape index (κ3) is 1.32. The van der Waals surface area contributed by atoms with Crippen LogP contribution in [0.4, 0.5) is 0 Å². The van der Waals surface area contributed by atoms with Crippen molar-refractivity contribution in [3.05, 3.63) is 23.8 Å². The lowest BCUT2D eigenvalue weighted by Crippen LogP contribution is -2.64. The number of carbonyl (C=O) groups is 2. The Morgan fingerprint density at radius 1 is 1.53 bits per heavy atom. The van der Waals surface area contributed by atoms with Crippen LogP contribution in [0.2, 0.25) is 0 Å². The summed E-state index contributed by atoms with van der Waals surface area (Å²) >= 11 is 1.47. The van der Waals surface area contributed by atoms with Crippen molar-refractivity contribution in [2.75, 3.05) is 12.8 Å². The number of nitrogens with one attached hydrogen (secondary N) is 1. The predicted octanol–water partition coefficient (Wildman–Crippen LogP) is 0.663. The lowest BCUT2D eigenvalue weighted by atomic mass is 9.99. The average Bonchev–Trinajstić information content (AvgIpc) is 2.70.